The number of aryl methyl sites for hydroxylation is 1. The molecule has 1 N–H and O–H groups in total. The van der Waals surface area contributed by atoms with E-state index in [-0.39, 0.29) is 0 Å². The molecular weight excluding hydrogens is 260 g/mol. The summed E-state index contributed by atoms with van der Waals surface area (Å²) in [4.78, 5) is 8.62. The number of nitriles is 1. The molecule has 4 nitrogen and oxygen atoms in total. The van der Waals surface area contributed by atoms with Gasteiger partial charge in [-0.1, -0.05) is 18.2 Å². The summed E-state index contributed by atoms with van der Waals surface area (Å²) in [7, 11) is 0. The Kier molecular flexibility index (Phi) is 3.48. The van der Waals surface area contributed by atoms with Gasteiger partial charge in [0.1, 0.15) is 11.9 Å². The highest BCUT2D eigenvalue weighted by molar-refractivity contribution is 5.82. The molecule has 0 atom stereocenters. The fraction of sp³-hybridized carbons (Fsp3) is 0.118. The van der Waals surface area contributed by atoms with Crippen LogP contribution in [0.15, 0.2) is 48.8 Å². The Morgan fingerprint density at radius 3 is 2.90 bits per heavy atom. The van der Waals surface area contributed by atoms with Crippen molar-refractivity contribution in [2.45, 2.75) is 13.5 Å². The Labute approximate surface area is 123 Å². The summed E-state index contributed by atoms with van der Waals surface area (Å²) >= 11 is 0. The number of hydrogen-bond donors (Lipinski definition) is 1. The SMILES string of the molecule is Cc1cnccc1CNc1nc2ccccc2cc1C#N. The number of aromatic nitrogens is 2. The van der Waals surface area contributed by atoms with Gasteiger partial charge >= 0.3 is 0 Å². The molecular formula is C17H14N4. The highest BCUT2D eigenvalue weighted by Gasteiger charge is 2.07. The summed E-state index contributed by atoms with van der Waals surface area (Å²) in [5, 5.41) is 13.5. The van der Waals surface area contributed by atoms with Crippen molar-refractivity contribution in [3.8, 4) is 6.07 Å². The number of nitrogens with one attached hydrogen (secondary N) is 1. The molecule has 0 fully saturated rings. The van der Waals surface area contributed by atoms with Crippen LogP contribution < -0.4 is 5.32 Å². The smallest absolute Gasteiger partial charge is 0.144 e. The van der Waals surface area contributed by atoms with Gasteiger partial charge < -0.3 is 5.32 Å². The van der Waals surface area contributed by atoms with Crippen LogP contribution in [0.5, 0.6) is 0 Å². The number of para-hydroxylation sites is 1. The molecule has 2 heterocycles. The molecule has 102 valence electrons. The monoisotopic (exact) mass is 274 g/mol. The summed E-state index contributed by atoms with van der Waals surface area (Å²) in [5.74, 6) is 0.618. The second-order valence-electron chi connectivity index (χ2n) is 4.84. The Balaban J connectivity index is 1.93. The third kappa shape index (κ3) is 2.67. The lowest BCUT2D eigenvalue weighted by Gasteiger charge is -2.10. The molecule has 0 radical (unpaired) electrons. The Bertz CT molecular complexity index is 834. The molecule has 0 spiro atoms. The van der Waals surface area contributed by atoms with E-state index in [0.29, 0.717) is 17.9 Å². The standard InChI is InChI=1S/C17H14N4/c1-12-10-19-7-6-14(12)11-20-17-15(9-18)8-13-4-2-3-5-16(13)21-17/h2-8,10H,11H2,1H3,(H,20,21). The predicted octanol–water partition coefficient (Wildman–Crippen LogP) is 3.42. The van der Waals surface area contributed by atoms with Crippen molar-refractivity contribution in [1.82, 2.24) is 9.97 Å². The Morgan fingerprint density at radius 1 is 1.24 bits per heavy atom. The van der Waals surface area contributed by atoms with Gasteiger partial charge in [0.2, 0.25) is 0 Å². The summed E-state index contributed by atoms with van der Waals surface area (Å²) in [5.41, 5.74) is 3.69. The largest absolute Gasteiger partial charge is 0.365 e. The van der Waals surface area contributed by atoms with E-state index in [2.05, 4.69) is 21.4 Å². The van der Waals surface area contributed by atoms with Crippen molar-refractivity contribution in [2.24, 2.45) is 0 Å². The van der Waals surface area contributed by atoms with Gasteiger partial charge in [0.05, 0.1) is 11.1 Å². The molecule has 3 aromatic rings. The first-order valence-electron chi connectivity index (χ1n) is 6.71. The van der Waals surface area contributed by atoms with E-state index in [9.17, 15) is 5.26 Å². The number of pyridine rings is 2. The Hall–Kier alpha value is -2.93. The average Bonchev–Trinajstić information content (AvgIpc) is 2.53. The second-order valence-corrected chi connectivity index (χ2v) is 4.84. The van der Waals surface area contributed by atoms with E-state index in [4.69, 9.17) is 0 Å². The first-order chi connectivity index (χ1) is 10.3. The predicted molar refractivity (Wildman–Crippen MR) is 82.8 cm³/mol. The van der Waals surface area contributed by atoms with Crippen LogP contribution in [0.1, 0.15) is 16.7 Å². The van der Waals surface area contributed by atoms with E-state index in [1.165, 1.54) is 0 Å². The van der Waals surface area contributed by atoms with Crippen LogP contribution in [-0.2, 0) is 6.54 Å². The van der Waals surface area contributed by atoms with Gasteiger partial charge in [0.25, 0.3) is 0 Å². The molecule has 0 amide bonds. The lowest BCUT2D eigenvalue weighted by molar-refractivity contribution is 1.07. The van der Waals surface area contributed by atoms with Gasteiger partial charge in [-0.3, -0.25) is 4.98 Å². The lowest BCUT2D eigenvalue weighted by atomic mass is 10.1. The van der Waals surface area contributed by atoms with Crippen LogP contribution in [0.3, 0.4) is 0 Å². The summed E-state index contributed by atoms with van der Waals surface area (Å²) < 4.78 is 0. The maximum absolute atomic E-state index is 9.29. The van der Waals surface area contributed by atoms with Crippen molar-refractivity contribution in [3.05, 3.63) is 65.5 Å². The average molecular weight is 274 g/mol. The molecule has 2 aromatic heterocycles. The summed E-state index contributed by atoms with van der Waals surface area (Å²) in [6.07, 6.45) is 3.60. The van der Waals surface area contributed by atoms with E-state index >= 15 is 0 Å². The zero-order valence-electron chi connectivity index (χ0n) is 11.7. The highest BCUT2D eigenvalue weighted by Crippen LogP contribution is 2.20. The quantitative estimate of drug-likeness (QED) is 0.795. The summed E-state index contributed by atoms with van der Waals surface area (Å²) in [6.45, 7) is 2.64. The molecule has 21 heavy (non-hydrogen) atoms. The lowest BCUT2D eigenvalue weighted by Crippen LogP contribution is -2.05. The molecule has 0 bridgehead atoms. The molecule has 0 aliphatic heterocycles. The molecule has 0 saturated carbocycles. The van der Waals surface area contributed by atoms with Crippen molar-refractivity contribution in [3.63, 3.8) is 0 Å². The van der Waals surface area contributed by atoms with Crippen LogP contribution in [0, 0.1) is 18.3 Å². The topological polar surface area (TPSA) is 61.6 Å². The second kappa shape index (κ2) is 5.59. The van der Waals surface area contributed by atoms with Crippen LogP contribution in [0.25, 0.3) is 10.9 Å². The first-order valence-corrected chi connectivity index (χ1v) is 6.71. The fourth-order valence-corrected chi connectivity index (χ4v) is 2.22. The maximum Gasteiger partial charge on any atom is 0.144 e. The van der Waals surface area contributed by atoms with E-state index < -0.39 is 0 Å². The van der Waals surface area contributed by atoms with Gasteiger partial charge in [-0.2, -0.15) is 5.26 Å². The minimum atomic E-state index is 0.556. The maximum atomic E-state index is 9.29. The minimum absolute atomic E-state index is 0.556. The van der Waals surface area contributed by atoms with Crippen molar-refractivity contribution in [2.75, 3.05) is 5.32 Å². The van der Waals surface area contributed by atoms with Gasteiger partial charge in [-0.15, -0.1) is 0 Å². The third-order valence-electron chi connectivity index (χ3n) is 3.43. The summed E-state index contributed by atoms with van der Waals surface area (Å²) in [6, 6.07) is 13.8. The molecule has 4 heteroatoms. The number of hydrogen-bond acceptors (Lipinski definition) is 4. The van der Waals surface area contributed by atoms with Gasteiger partial charge in [0.15, 0.2) is 0 Å². The fourth-order valence-electron chi connectivity index (χ4n) is 2.22. The normalized spacial score (nSPS) is 10.3. The van der Waals surface area contributed by atoms with Crippen LogP contribution in [-0.4, -0.2) is 9.97 Å². The highest BCUT2D eigenvalue weighted by atomic mass is 15.0. The zero-order chi connectivity index (χ0) is 14.7. The number of anilines is 1. The van der Waals surface area contributed by atoms with Crippen molar-refractivity contribution >= 4 is 16.7 Å². The molecule has 0 saturated heterocycles. The molecule has 1 aromatic carbocycles. The van der Waals surface area contributed by atoms with E-state index in [1.807, 2.05) is 49.5 Å². The number of nitrogens with zero attached hydrogens (tertiary/aromatic N) is 3. The van der Waals surface area contributed by atoms with Crippen molar-refractivity contribution in [1.29, 1.82) is 5.26 Å². The van der Waals surface area contributed by atoms with Gasteiger partial charge in [0, 0.05) is 24.3 Å². The van der Waals surface area contributed by atoms with Crippen LogP contribution in [0.2, 0.25) is 0 Å². The van der Waals surface area contributed by atoms with Crippen molar-refractivity contribution < 1.29 is 0 Å². The number of fused-ring (bicyclic) bond motifs is 1. The number of rotatable bonds is 3. The number of benzene rings is 1. The van der Waals surface area contributed by atoms with Gasteiger partial charge in [-0.25, -0.2) is 4.98 Å². The molecule has 0 unspecified atom stereocenters. The van der Waals surface area contributed by atoms with Crippen LogP contribution >= 0.6 is 0 Å². The molecule has 3 rings (SSSR count). The third-order valence-corrected chi connectivity index (χ3v) is 3.43. The zero-order valence-corrected chi connectivity index (χ0v) is 11.7. The van der Waals surface area contributed by atoms with E-state index in [1.54, 1.807) is 6.20 Å². The van der Waals surface area contributed by atoms with Gasteiger partial charge in [-0.05, 0) is 36.2 Å². The molecule has 0 aliphatic carbocycles. The Morgan fingerprint density at radius 2 is 2.10 bits per heavy atom. The first kappa shape index (κ1) is 13.1. The van der Waals surface area contributed by atoms with Crippen LogP contribution in [0.4, 0.5) is 5.82 Å². The molecule has 0 aliphatic rings. The van der Waals surface area contributed by atoms with E-state index in [0.717, 1.165) is 22.0 Å². The minimum Gasteiger partial charge on any atom is -0.365 e.